The summed E-state index contributed by atoms with van der Waals surface area (Å²) in [5.41, 5.74) is 0. The average Bonchev–Trinajstić information content (AvgIpc) is 2.56. The molecule has 0 rings (SSSR count). The van der Waals surface area contributed by atoms with Crippen LogP contribution in [0.4, 0.5) is 4.79 Å². The zero-order valence-corrected chi connectivity index (χ0v) is 15.0. The molecule has 0 bridgehead atoms. The zero-order chi connectivity index (χ0) is 17.3. The van der Waals surface area contributed by atoms with Gasteiger partial charge in [0, 0.05) is 6.54 Å². The van der Waals surface area contributed by atoms with Gasteiger partial charge in [-0.15, -0.1) is 0 Å². The fourth-order valence-corrected chi connectivity index (χ4v) is 2.28. The van der Waals surface area contributed by atoms with Crippen molar-refractivity contribution in [2.75, 3.05) is 27.3 Å². The van der Waals surface area contributed by atoms with Crippen molar-refractivity contribution in [3.8, 4) is 0 Å². The molecule has 0 saturated heterocycles. The van der Waals surface area contributed by atoms with Crippen molar-refractivity contribution >= 4 is 12.1 Å². The molecule has 23 heavy (non-hydrogen) atoms. The molecule has 0 aromatic rings. The minimum Gasteiger partial charge on any atom is -0.468 e. The lowest BCUT2D eigenvalue weighted by Crippen LogP contribution is -2.35. The Morgan fingerprint density at radius 2 is 1.70 bits per heavy atom. The predicted molar refractivity (Wildman–Crippen MR) is 91.4 cm³/mol. The molecule has 6 nitrogen and oxygen atoms in total. The van der Waals surface area contributed by atoms with Crippen molar-refractivity contribution in [3.05, 3.63) is 0 Å². The van der Waals surface area contributed by atoms with Crippen LogP contribution in [0.15, 0.2) is 0 Å². The van der Waals surface area contributed by atoms with Crippen molar-refractivity contribution in [2.45, 2.75) is 70.8 Å². The Bertz CT molecular complexity index is 311. The molecule has 1 atom stereocenters. The minimum absolute atomic E-state index is 0.251. The first-order valence-corrected chi connectivity index (χ1v) is 8.81. The van der Waals surface area contributed by atoms with E-state index < -0.39 is 0 Å². The standard InChI is InChI=1S/C17H34N2O4/c1-4-5-6-7-8-11-14-23-17(21)19-13-10-9-12-15(18-2)16(20)22-3/h15,18H,4-14H2,1-3H3,(H,19,21). The fraction of sp³-hybridized carbons (Fsp3) is 0.882. The molecule has 136 valence electrons. The lowest BCUT2D eigenvalue weighted by atomic mass is 10.1. The Balaban J connectivity index is 3.44. The first-order chi connectivity index (χ1) is 11.2. The van der Waals surface area contributed by atoms with Crippen LogP contribution in [0.5, 0.6) is 0 Å². The van der Waals surface area contributed by atoms with E-state index in [1.165, 1.54) is 32.8 Å². The summed E-state index contributed by atoms with van der Waals surface area (Å²) in [7, 11) is 3.12. The van der Waals surface area contributed by atoms with Gasteiger partial charge in [0.05, 0.1) is 13.7 Å². The molecule has 0 aromatic carbocycles. The van der Waals surface area contributed by atoms with E-state index in [4.69, 9.17) is 9.47 Å². The number of rotatable bonds is 14. The quantitative estimate of drug-likeness (QED) is 0.378. The topological polar surface area (TPSA) is 76.7 Å². The second-order valence-corrected chi connectivity index (χ2v) is 5.69. The summed E-state index contributed by atoms with van der Waals surface area (Å²) in [5, 5.41) is 5.65. The fourth-order valence-electron chi connectivity index (χ4n) is 2.28. The lowest BCUT2D eigenvalue weighted by Gasteiger charge is -2.13. The highest BCUT2D eigenvalue weighted by molar-refractivity contribution is 5.75. The third kappa shape index (κ3) is 12.9. The van der Waals surface area contributed by atoms with E-state index in [1.807, 2.05) is 0 Å². The number of hydrogen-bond acceptors (Lipinski definition) is 5. The summed E-state index contributed by atoms with van der Waals surface area (Å²) in [6, 6.07) is -0.278. The number of unbranched alkanes of at least 4 members (excludes halogenated alkanes) is 6. The minimum atomic E-state index is -0.350. The second-order valence-electron chi connectivity index (χ2n) is 5.69. The number of carbonyl (C=O) groups excluding carboxylic acids is 2. The first kappa shape index (κ1) is 21.7. The molecule has 0 aliphatic rings. The largest absolute Gasteiger partial charge is 0.468 e. The Hall–Kier alpha value is -1.30. The SMILES string of the molecule is CCCCCCCCOC(=O)NCCCCC(NC)C(=O)OC. The van der Waals surface area contributed by atoms with Crippen molar-refractivity contribution in [2.24, 2.45) is 0 Å². The lowest BCUT2D eigenvalue weighted by molar-refractivity contribution is -0.143. The van der Waals surface area contributed by atoms with E-state index >= 15 is 0 Å². The maximum absolute atomic E-state index is 11.5. The van der Waals surface area contributed by atoms with Crippen LogP contribution in [0.3, 0.4) is 0 Å². The molecule has 1 unspecified atom stereocenters. The molecule has 0 fully saturated rings. The first-order valence-electron chi connectivity index (χ1n) is 8.81. The van der Waals surface area contributed by atoms with E-state index in [0.29, 0.717) is 19.6 Å². The summed E-state index contributed by atoms with van der Waals surface area (Å²) in [4.78, 5) is 22.8. The number of ether oxygens (including phenoxy) is 2. The highest BCUT2D eigenvalue weighted by Gasteiger charge is 2.15. The van der Waals surface area contributed by atoms with Gasteiger partial charge in [0.15, 0.2) is 0 Å². The van der Waals surface area contributed by atoms with Crippen molar-refractivity contribution in [3.63, 3.8) is 0 Å². The molecule has 0 aliphatic carbocycles. The summed E-state index contributed by atoms with van der Waals surface area (Å²) in [6.45, 7) is 3.25. The predicted octanol–water partition coefficient (Wildman–Crippen LogP) is 3.00. The van der Waals surface area contributed by atoms with Crippen LogP contribution in [0.2, 0.25) is 0 Å². The highest BCUT2D eigenvalue weighted by atomic mass is 16.5. The summed E-state index contributed by atoms with van der Waals surface area (Å²) < 4.78 is 9.81. The van der Waals surface area contributed by atoms with E-state index in [9.17, 15) is 9.59 Å². The maximum atomic E-state index is 11.5. The Morgan fingerprint density at radius 3 is 2.35 bits per heavy atom. The van der Waals surface area contributed by atoms with Gasteiger partial charge in [-0.2, -0.15) is 0 Å². The molecule has 0 heterocycles. The normalized spacial score (nSPS) is 11.8. The molecule has 0 saturated carbocycles. The average molecular weight is 330 g/mol. The van der Waals surface area contributed by atoms with Crippen molar-refractivity contribution < 1.29 is 19.1 Å². The molecule has 0 spiro atoms. The van der Waals surface area contributed by atoms with Crippen LogP contribution in [0.25, 0.3) is 0 Å². The van der Waals surface area contributed by atoms with Gasteiger partial charge >= 0.3 is 12.1 Å². The molecular weight excluding hydrogens is 296 g/mol. The zero-order valence-electron chi connectivity index (χ0n) is 15.0. The van der Waals surface area contributed by atoms with Crippen LogP contribution in [0, 0.1) is 0 Å². The van der Waals surface area contributed by atoms with Gasteiger partial charge < -0.3 is 20.1 Å². The molecule has 6 heteroatoms. The maximum Gasteiger partial charge on any atom is 0.407 e. The molecule has 0 aliphatic heterocycles. The Kier molecular flexibility index (Phi) is 14.7. The Morgan fingerprint density at radius 1 is 1.00 bits per heavy atom. The number of amides is 1. The third-order valence-electron chi connectivity index (χ3n) is 3.75. The van der Waals surface area contributed by atoms with E-state index in [2.05, 4.69) is 17.6 Å². The highest BCUT2D eigenvalue weighted by Crippen LogP contribution is 2.05. The van der Waals surface area contributed by atoms with E-state index in [0.717, 1.165) is 25.7 Å². The van der Waals surface area contributed by atoms with E-state index in [1.54, 1.807) is 7.05 Å². The van der Waals surface area contributed by atoms with Gasteiger partial charge in [-0.05, 0) is 32.7 Å². The number of hydrogen-bond donors (Lipinski definition) is 2. The van der Waals surface area contributed by atoms with Crippen LogP contribution in [-0.4, -0.2) is 45.4 Å². The van der Waals surface area contributed by atoms with Crippen LogP contribution < -0.4 is 10.6 Å². The number of alkyl carbamates (subject to hydrolysis) is 1. The molecule has 1 amide bonds. The van der Waals surface area contributed by atoms with Crippen LogP contribution in [-0.2, 0) is 14.3 Å². The summed E-state index contributed by atoms with van der Waals surface area (Å²) in [6.07, 6.45) is 9.04. The van der Waals surface area contributed by atoms with Gasteiger partial charge in [0.2, 0.25) is 0 Å². The van der Waals surface area contributed by atoms with Gasteiger partial charge in [-0.3, -0.25) is 4.79 Å². The third-order valence-corrected chi connectivity index (χ3v) is 3.75. The van der Waals surface area contributed by atoms with Crippen molar-refractivity contribution in [1.82, 2.24) is 10.6 Å². The number of methoxy groups -OCH3 is 1. The number of likely N-dealkylation sites (N-methyl/N-ethyl adjacent to an activating group) is 1. The van der Waals surface area contributed by atoms with Gasteiger partial charge in [0.1, 0.15) is 6.04 Å². The molecular formula is C17H34N2O4. The number of carbonyl (C=O) groups is 2. The van der Waals surface area contributed by atoms with Crippen molar-refractivity contribution in [1.29, 1.82) is 0 Å². The smallest absolute Gasteiger partial charge is 0.407 e. The number of nitrogens with one attached hydrogen (secondary N) is 2. The molecule has 2 N–H and O–H groups in total. The monoisotopic (exact) mass is 330 g/mol. The molecule has 0 aromatic heterocycles. The van der Waals surface area contributed by atoms with Crippen LogP contribution >= 0.6 is 0 Å². The second kappa shape index (κ2) is 15.6. The van der Waals surface area contributed by atoms with Gasteiger partial charge in [-0.1, -0.05) is 39.0 Å². The summed E-state index contributed by atoms with van der Waals surface area (Å²) >= 11 is 0. The van der Waals surface area contributed by atoms with Crippen LogP contribution in [0.1, 0.15) is 64.7 Å². The van der Waals surface area contributed by atoms with Gasteiger partial charge in [0.25, 0.3) is 0 Å². The van der Waals surface area contributed by atoms with Gasteiger partial charge in [-0.25, -0.2) is 4.79 Å². The summed E-state index contributed by atoms with van der Waals surface area (Å²) in [5.74, 6) is -0.251. The Labute approximate surface area is 140 Å². The van der Waals surface area contributed by atoms with E-state index in [-0.39, 0.29) is 18.1 Å². The molecule has 0 radical (unpaired) electrons. The number of esters is 1.